The quantitative estimate of drug-likeness (QED) is 0.705. The Labute approximate surface area is 75.5 Å². The monoisotopic (exact) mass is 171 g/mol. The maximum absolute atomic E-state index is 5.90. The number of hydrogen-bond donors (Lipinski definition) is 1. The molecule has 1 aliphatic rings. The molecule has 1 saturated carbocycles. The summed E-state index contributed by atoms with van der Waals surface area (Å²) in [7, 11) is 0. The van der Waals surface area contributed by atoms with Crippen molar-refractivity contribution in [1.82, 2.24) is 0 Å². The molecule has 0 bridgehead atoms. The van der Waals surface area contributed by atoms with Gasteiger partial charge in [-0.1, -0.05) is 19.3 Å². The molecule has 0 spiro atoms. The number of ether oxygens (including phenoxy) is 1. The fraction of sp³-hybridized carbons (Fsp3) is 1.00. The average Bonchev–Trinajstić information content (AvgIpc) is 2.05. The van der Waals surface area contributed by atoms with E-state index in [2.05, 4.69) is 13.8 Å². The lowest BCUT2D eigenvalue weighted by atomic mass is 9.84. The molecule has 2 N–H and O–H groups in total. The summed E-state index contributed by atoms with van der Waals surface area (Å²) in [5, 5.41) is 0. The van der Waals surface area contributed by atoms with Crippen LogP contribution in [0.4, 0.5) is 0 Å². The van der Waals surface area contributed by atoms with Gasteiger partial charge in [-0.05, 0) is 26.7 Å². The maximum Gasteiger partial charge on any atom is 0.0807 e. The van der Waals surface area contributed by atoms with Crippen molar-refractivity contribution in [2.45, 2.75) is 57.7 Å². The molecular weight excluding hydrogens is 150 g/mol. The van der Waals surface area contributed by atoms with Crippen LogP contribution in [0.2, 0.25) is 0 Å². The first-order valence-corrected chi connectivity index (χ1v) is 5.06. The third-order valence-electron chi connectivity index (χ3n) is 2.62. The summed E-state index contributed by atoms with van der Waals surface area (Å²) in [6, 6.07) is 0. The minimum atomic E-state index is 0.0203. The fourth-order valence-corrected chi connectivity index (χ4v) is 2.07. The van der Waals surface area contributed by atoms with Crippen LogP contribution >= 0.6 is 0 Å². The van der Waals surface area contributed by atoms with Crippen LogP contribution in [0, 0.1) is 0 Å². The molecule has 2 heteroatoms. The molecule has 0 radical (unpaired) electrons. The van der Waals surface area contributed by atoms with Gasteiger partial charge in [0.25, 0.3) is 0 Å². The summed E-state index contributed by atoms with van der Waals surface area (Å²) in [5.41, 5.74) is 5.78. The summed E-state index contributed by atoms with van der Waals surface area (Å²) in [4.78, 5) is 0. The number of hydrogen-bond acceptors (Lipinski definition) is 2. The van der Waals surface area contributed by atoms with Crippen molar-refractivity contribution in [3.8, 4) is 0 Å². The van der Waals surface area contributed by atoms with Crippen LogP contribution in [-0.4, -0.2) is 18.2 Å². The zero-order chi connectivity index (χ0) is 9.03. The van der Waals surface area contributed by atoms with Crippen molar-refractivity contribution >= 4 is 0 Å². The van der Waals surface area contributed by atoms with E-state index in [9.17, 15) is 0 Å². The van der Waals surface area contributed by atoms with Gasteiger partial charge in [0.05, 0.1) is 11.7 Å². The van der Waals surface area contributed by atoms with Gasteiger partial charge in [-0.15, -0.1) is 0 Å². The van der Waals surface area contributed by atoms with E-state index in [-0.39, 0.29) is 5.60 Å². The third kappa shape index (κ3) is 2.46. The largest absolute Gasteiger partial charge is 0.371 e. The lowest BCUT2D eigenvalue weighted by molar-refractivity contribution is -0.0944. The Hall–Kier alpha value is -0.0800. The molecule has 0 unspecified atom stereocenters. The highest BCUT2D eigenvalue weighted by Gasteiger charge is 2.32. The SMILES string of the molecule is CC(C)OC1(CN)CCCCC1. The van der Waals surface area contributed by atoms with Gasteiger partial charge in [0.2, 0.25) is 0 Å². The first kappa shape index (κ1) is 10.0. The predicted octanol–water partition coefficient (Wildman–Crippen LogP) is 2.07. The Balaban J connectivity index is 2.48. The van der Waals surface area contributed by atoms with Gasteiger partial charge in [0.1, 0.15) is 0 Å². The van der Waals surface area contributed by atoms with Crippen LogP contribution in [0.3, 0.4) is 0 Å². The molecule has 1 fully saturated rings. The summed E-state index contributed by atoms with van der Waals surface area (Å²) >= 11 is 0. The van der Waals surface area contributed by atoms with Gasteiger partial charge in [-0.25, -0.2) is 0 Å². The molecule has 0 amide bonds. The van der Waals surface area contributed by atoms with Crippen molar-refractivity contribution in [3.05, 3.63) is 0 Å². The van der Waals surface area contributed by atoms with Crippen molar-refractivity contribution in [2.75, 3.05) is 6.54 Å². The van der Waals surface area contributed by atoms with E-state index in [1.54, 1.807) is 0 Å². The molecule has 72 valence electrons. The molecule has 0 aromatic carbocycles. The van der Waals surface area contributed by atoms with Gasteiger partial charge in [-0.2, -0.15) is 0 Å². The molecule has 0 aliphatic heterocycles. The lowest BCUT2D eigenvalue weighted by Gasteiger charge is -2.37. The van der Waals surface area contributed by atoms with Crippen LogP contribution in [0.25, 0.3) is 0 Å². The van der Waals surface area contributed by atoms with E-state index in [0.717, 1.165) is 12.8 Å². The molecule has 0 saturated heterocycles. The topological polar surface area (TPSA) is 35.2 Å². The summed E-state index contributed by atoms with van der Waals surface area (Å²) in [6.07, 6.45) is 6.53. The highest BCUT2D eigenvalue weighted by molar-refractivity contribution is 4.85. The third-order valence-corrected chi connectivity index (χ3v) is 2.62. The molecule has 12 heavy (non-hydrogen) atoms. The molecule has 0 atom stereocenters. The van der Waals surface area contributed by atoms with Gasteiger partial charge in [0.15, 0.2) is 0 Å². The van der Waals surface area contributed by atoms with E-state index in [0.29, 0.717) is 12.6 Å². The second-order valence-corrected chi connectivity index (χ2v) is 4.11. The zero-order valence-corrected chi connectivity index (χ0v) is 8.31. The molecule has 0 heterocycles. The van der Waals surface area contributed by atoms with Gasteiger partial charge in [0, 0.05) is 6.54 Å². The highest BCUT2D eigenvalue weighted by Crippen LogP contribution is 2.31. The lowest BCUT2D eigenvalue weighted by Crippen LogP contribution is -2.44. The van der Waals surface area contributed by atoms with Crippen LogP contribution in [0.5, 0.6) is 0 Å². The molecule has 1 rings (SSSR count). The number of nitrogens with two attached hydrogens (primary N) is 1. The van der Waals surface area contributed by atoms with Gasteiger partial charge >= 0.3 is 0 Å². The normalized spacial score (nSPS) is 23.0. The van der Waals surface area contributed by atoms with Crippen molar-refractivity contribution in [1.29, 1.82) is 0 Å². The van der Waals surface area contributed by atoms with E-state index in [1.165, 1.54) is 19.3 Å². The predicted molar refractivity (Wildman–Crippen MR) is 51.1 cm³/mol. The molecule has 2 nitrogen and oxygen atoms in total. The average molecular weight is 171 g/mol. The first-order chi connectivity index (χ1) is 5.68. The Morgan fingerprint density at radius 1 is 1.25 bits per heavy atom. The van der Waals surface area contributed by atoms with Crippen LogP contribution in [0.15, 0.2) is 0 Å². The Morgan fingerprint density at radius 3 is 2.25 bits per heavy atom. The highest BCUT2D eigenvalue weighted by atomic mass is 16.5. The molecule has 0 aromatic rings. The van der Waals surface area contributed by atoms with E-state index in [1.807, 2.05) is 0 Å². The van der Waals surface area contributed by atoms with E-state index in [4.69, 9.17) is 10.5 Å². The second kappa shape index (κ2) is 4.24. The van der Waals surface area contributed by atoms with Crippen molar-refractivity contribution in [2.24, 2.45) is 5.73 Å². The van der Waals surface area contributed by atoms with E-state index >= 15 is 0 Å². The summed E-state index contributed by atoms with van der Waals surface area (Å²) in [5.74, 6) is 0. The smallest absolute Gasteiger partial charge is 0.0807 e. The van der Waals surface area contributed by atoms with Crippen LogP contribution < -0.4 is 5.73 Å². The van der Waals surface area contributed by atoms with Crippen LogP contribution in [0.1, 0.15) is 46.0 Å². The standard InChI is InChI=1S/C10H21NO/c1-9(2)12-10(8-11)6-4-3-5-7-10/h9H,3-8,11H2,1-2H3. The molecule has 1 aliphatic carbocycles. The Morgan fingerprint density at radius 2 is 1.83 bits per heavy atom. The molecular formula is C10H21NO. The first-order valence-electron chi connectivity index (χ1n) is 5.06. The Kier molecular flexibility index (Phi) is 3.53. The van der Waals surface area contributed by atoms with Gasteiger partial charge < -0.3 is 10.5 Å². The van der Waals surface area contributed by atoms with Crippen molar-refractivity contribution < 1.29 is 4.74 Å². The second-order valence-electron chi connectivity index (χ2n) is 4.11. The zero-order valence-electron chi connectivity index (χ0n) is 8.31. The number of rotatable bonds is 3. The van der Waals surface area contributed by atoms with Crippen LogP contribution in [-0.2, 0) is 4.74 Å². The minimum absolute atomic E-state index is 0.0203. The van der Waals surface area contributed by atoms with Crippen molar-refractivity contribution in [3.63, 3.8) is 0 Å². The van der Waals surface area contributed by atoms with Gasteiger partial charge in [-0.3, -0.25) is 0 Å². The summed E-state index contributed by atoms with van der Waals surface area (Å²) < 4.78 is 5.90. The molecule has 0 aromatic heterocycles. The minimum Gasteiger partial charge on any atom is -0.371 e. The maximum atomic E-state index is 5.90. The summed E-state index contributed by atoms with van der Waals surface area (Å²) in [6.45, 7) is 4.86. The Bertz CT molecular complexity index is 128. The fourth-order valence-electron chi connectivity index (χ4n) is 2.07. The van der Waals surface area contributed by atoms with E-state index < -0.39 is 0 Å².